The minimum atomic E-state index is -0.0996. The van der Waals surface area contributed by atoms with E-state index in [-0.39, 0.29) is 11.3 Å². The molecule has 1 atom stereocenters. The van der Waals surface area contributed by atoms with Crippen molar-refractivity contribution in [3.8, 4) is 0 Å². The Kier molecular flexibility index (Phi) is 4.12. The van der Waals surface area contributed by atoms with Crippen molar-refractivity contribution >= 4 is 29.3 Å². The molecule has 0 bridgehead atoms. The number of aromatic nitrogens is 2. The van der Waals surface area contributed by atoms with E-state index in [9.17, 15) is 4.79 Å². The van der Waals surface area contributed by atoms with Gasteiger partial charge in [-0.2, -0.15) is 0 Å². The number of benzene rings is 1. The lowest BCUT2D eigenvalue weighted by atomic mass is 10.2. The van der Waals surface area contributed by atoms with Crippen molar-refractivity contribution in [2.45, 2.75) is 12.3 Å². The Balaban J connectivity index is 1.89. The third kappa shape index (κ3) is 2.89. The molecular formula is C15H14ClN3OS. The predicted octanol–water partition coefficient (Wildman–Crippen LogP) is 3.33. The topological polar surface area (TPSA) is 46.1 Å². The van der Waals surface area contributed by atoms with Crippen LogP contribution < -0.4 is 0 Å². The maximum atomic E-state index is 12.6. The van der Waals surface area contributed by atoms with Gasteiger partial charge in [-0.15, -0.1) is 11.8 Å². The normalized spacial score (nSPS) is 18.0. The minimum absolute atomic E-state index is 0.0608. The average Bonchev–Trinajstić information content (AvgIpc) is 2.97. The van der Waals surface area contributed by atoms with E-state index >= 15 is 0 Å². The van der Waals surface area contributed by atoms with Crippen molar-refractivity contribution in [1.82, 2.24) is 14.9 Å². The maximum Gasteiger partial charge on any atom is 0.275 e. The Morgan fingerprint density at radius 1 is 1.33 bits per heavy atom. The van der Waals surface area contributed by atoms with Crippen molar-refractivity contribution < 1.29 is 4.79 Å². The van der Waals surface area contributed by atoms with E-state index in [1.165, 1.54) is 6.20 Å². The molecule has 3 rings (SSSR count). The molecule has 2 aromatic rings. The Bertz CT molecular complexity index is 662. The number of hydrogen-bond acceptors (Lipinski definition) is 4. The lowest BCUT2D eigenvalue weighted by Crippen LogP contribution is -2.31. The SMILES string of the molecule is Cc1cnc(C(=O)N2CCSC2c2ccccc2Cl)cn1. The molecule has 6 heteroatoms. The first-order valence-electron chi connectivity index (χ1n) is 6.62. The zero-order valence-corrected chi connectivity index (χ0v) is 13.1. The van der Waals surface area contributed by atoms with E-state index < -0.39 is 0 Å². The van der Waals surface area contributed by atoms with Gasteiger partial charge in [-0.05, 0) is 13.0 Å². The second-order valence-electron chi connectivity index (χ2n) is 4.79. The largest absolute Gasteiger partial charge is 0.320 e. The van der Waals surface area contributed by atoms with Crippen molar-refractivity contribution in [2.75, 3.05) is 12.3 Å². The van der Waals surface area contributed by atoms with Crippen molar-refractivity contribution in [2.24, 2.45) is 0 Å². The van der Waals surface area contributed by atoms with E-state index in [1.54, 1.807) is 18.0 Å². The summed E-state index contributed by atoms with van der Waals surface area (Å²) in [5, 5.41) is 0.624. The standard InChI is InChI=1S/C15H14ClN3OS/c1-10-8-18-13(9-17-10)14(20)19-6-7-21-15(19)11-4-2-3-5-12(11)16/h2-5,8-9,15H,6-7H2,1H3. The molecule has 1 fully saturated rings. The summed E-state index contributed by atoms with van der Waals surface area (Å²) >= 11 is 7.98. The first kappa shape index (κ1) is 14.4. The highest BCUT2D eigenvalue weighted by Gasteiger charge is 2.33. The highest BCUT2D eigenvalue weighted by molar-refractivity contribution is 7.99. The predicted molar refractivity (Wildman–Crippen MR) is 84.5 cm³/mol. The highest BCUT2D eigenvalue weighted by atomic mass is 35.5. The maximum absolute atomic E-state index is 12.6. The van der Waals surface area contributed by atoms with E-state index in [2.05, 4.69) is 9.97 Å². The summed E-state index contributed by atoms with van der Waals surface area (Å²) < 4.78 is 0. The van der Waals surface area contributed by atoms with Crippen LogP contribution in [0.5, 0.6) is 0 Å². The van der Waals surface area contributed by atoms with Gasteiger partial charge in [0, 0.05) is 29.1 Å². The molecule has 0 N–H and O–H groups in total. The summed E-state index contributed by atoms with van der Waals surface area (Å²) in [6, 6.07) is 7.65. The Morgan fingerprint density at radius 3 is 2.86 bits per heavy atom. The fourth-order valence-corrected chi connectivity index (χ4v) is 3.86. The van der Waals surface area contributed by atoms with Crippen LogP contribution in [0.3, 0.4) is 0 Å². The summed E-state index contributed by atoms with van der Waals surface area (Å²) in [5.41, 5.74) is 2.14. The van der Waals surface area contributed by atoms with Gasteiger partial charge in [-0.25, -0.2) is 4.98 Å². The Hall–Kier alpha value is -1.59. The van der Waals surface area contributed by atoms with Crippen LogP contribution in [0.4, 0.5) is 0 Å². The number of nitrogens with zero attached hydrogens (tertiary/aromatic N) is 3. The van der Waals surface area contributed by atoms with Gasteiger partial charge in [-0.3, -0.25) is 9.78 Å². The zero-order valence-electron chi connectivity index (χ0n) is 11.5. The van der Waals surface area contributed by atoms with E-state index in [4.69, 9.17) is 11.6 Å². The number of hydrogen-bond donors (Lipinski definition) is 0. The van der Waals surface area contributed by atoms with E-state index in [1.807, 2.05) is 36.1 Å². The minimum Gasteiger partial charge on any atom is -0.320 e. The first-order valence-corrected chi connectivity index (χ1v) is 8.05. The van der Waals surface area contributed by atoms with Gasteiger partial charge in [-0.1, -0.05) is 29.8 Å². The van der Waals surface area contributed by atoms with Crippen LogP contribution in [0.2, 0.25) is 5.02 Å². The summed E-state index contributed by atoms with van der Waals surface area (Å²) in [4.78, 5) is 22.8. The van der Waals surface area contributed by atoms with Crippen LogP contribution in [-0.2, 0) is 0 Å². The van der Waals surface area contributed by atoms with Crippen molar-refractivity contribution in [1.29, 1.82) is 0 Å². The molecule has 108 valence electrons. The quantitative estimate of drug-likeness (QED) is 0.852. The molecule has 1 unspecified atom stereocenters. The van der Waals surface area contributed by atoms with Gasteiger partial charge in [0.05, 0.1) is 11.9 Å². The molecule has 1 saturated heterocycles. The molecule has 1 amide bonds. The summed E-state index contributed by atoms with van der Waals surface area (Å²) in [5.74, 6) is 0.790. The van der Waals surface area contributed by atoms with Crippen LogP contribution in [0.1, 0.15) is 27.1 Å². The monoisotopic (exact) mass is 319 g/mol. The molecule has 0 saturated carbocycles. The van der Waals surface area contributed by atoms with E-state index in [0.717, 1.165) is 17.0 Å². The van der Waals surface area contributed by atoms with Gasteiger partial charge in [0.15, 0.2) is 0 Å². The number of halogens is 1. The molecule has 1 aromatic heterocycles. The highest BCUT2D eigenvalue weighted by Crippen LogP contribution is 2.41. The molecule has 0 aliphatic carbocycles. The summed E-state index contributed by atoms with van der Waals surface area (Å²) in [6.45, 7) is 2.54. The fourth-order valence-electron chi connectivity index (χ4n) is 2.26. The number of amides is 1. The molecule has 1 aliphatic rings. The van der Waals surface area contributed by atoms with Crippen LogP contribution in [0, 0.1) is 6.92 Å². The summed E-state index contributed by atoms with van der Waals surface area (Å²) in [7, 11) is 0. The molecular weight excluding hydrogens is 306 g/mol. The van der Waals surface area contributed by atoms with Crippen molar-refractivity contribution in [3.63, 3.8) is 0 Å². The summed E-state index contributed by atoms with van der Waals surface area (Å²) in [6.07, 6.45) is 3.14. The smallest absolute Gasteiger partial charge is 0.275 e. The number of carbonyl (C=O) groups is 1. The molecule has 4 nitrogen and oxygen atoms in total. The zero-order chi connectivity index (χ0) is 14.8. The average molecular weight is 320 g/mol. The van der Waals surface area contributed by atoms with Gasteiger partial charge in [0.2, 0.25) is 0 Å². The molecule has 2 heterocycles. The number of thioether (sulfide) groups is 1. The fraction of sp³-hybridized carbons (Fsp3) is 0.267. The molecule has 1 aromatic carbocycles. The lowest BCUT2D eigenvalue weighted by molar-refractivity contribution is 0.0754. The van der Waals surface area contributed by atoms with Crippen LogP contribution in [0.25, 0.3) is 0 Å². The Morgan fingerprint density at radius 2 is 2.14 bits per heavy atom. The molecule has 0 radical (unpaired) electrons. The van der Waals surface area contributed by atoms with Crippen LogP contribution in [0.15, 0.2) is 36.7 Å². The molecule has 1 aliphatic heterocycles. The van der Waals surface area contributed by atoms with Gasteiger partial charge in [0.1, 0.15) is 11.1 Å². The van der Waals surface area contributed by atoms with Gasteiger partial charge < -0.3 is 4.90 Å². The van der Waals surface area contributed by atoms with Gasteiger partial charge in [0.25, 0.3) is 5.91 Å². The Labute approximate surface area is 132 Å². The second kappa shape index (κ2) is 6.03. The third-order valence-electron chi connectivity index (χ3n) is 3.32. The number of carbonyl (C=O) groups excluding carboxylic acids is 1. The van der Waals surface area contributed by atoms with Crippen LogP contribution in [-0.4, -0.2) is 33.1 Å². The molecule has 0 spiro atoms. The second-order valence-corrected chi connectivity index (χ2v) is 6.38. The lowest BCUT2D eigenvalue weighted by Gasteiger charge is -2.24. The number of aryl methyl sites for hydroxylation is 1. The van der Waals surface area contributed by atoms with Crippen LogP contribution >= 0.6 is 23.4 Å². The van der Waals surface area contributed by atoms with E-state index in [0.29, 0.717) is 17.3 Å². The third-order valence-corrected chi connectivity index (χ3v) is 4.91. The number of rotatable bonds is 2. The van der Waals surface area contributed by atoms with Crippen molar-refractivity contribution in [3.05, 3.63) is 58.6 Å². The van der Waals surface area contributed by atoms with Gasteiger partial charge >= 0.3 is 0 Å². The first-order chi connectivity index (χ1) is 10.2. The molecule has 21 heavy (non-hydrogen) atoms.